The van der Waals surface area contributed by atoms with Gasteiger partial charge in [0.25, 0.3) is 0 Å². The van der Waals surface area contributed by atoms with Crippen LogP contribution in [0.25, 0.3) is 0 Å². The Labute approximate surface area is 83.4 Å². The minimum absolute atomic E-state index is 0.00366. The van der Waals surface area contributed by atoms with Gasteiger partial charge in [0.15, 0.2) is 0 Å². The highest BCUT2D eigenvalue weighted by Crippen LogP contribution is 2.22. The van der Waals surface area contributed by atoms with E-state index in [-0.39, 0.29) is 17.9 Å². The summed E-state index contributed by atoms with van der Waals surface area (Å²) in [6, 6.07) is 1.99. The molecule has 14 heavy (non-hydrogen) atoms. The molecule has 2 rings (SSSR count). The summed E-state index contributed by atoms with van der Waals surface area (Å²) < 4.78 is 5.18. The van der Waals surface area contributed by atoms with Crippen LogP contribution >= 0.6 is 0 Å². The van der Waals surface area contributed by atoms with Crippen LogP contribution in [0.2, 0.25) is 0 Å². The fourth-order valence-corrected chi connectivity index (χ4v) is 2.13. The lowest BCUT2D eigenvalue weighted by molar-refractivity contribution is -0.135. The second kappa shape index (κ2) is 3.97. The molecule has 0 saturated carbocycles. The Morgan fingerprint density at radius 3 is 3.00 bits per heavy atom. The van der Waals surface area contributed by atoms with E-state index in [4.69, 9.17) is 10.00 Å². The van der Waals surface area contributed by atoms with E-state index in [1.165, 1.54) is 0 Å². The number of carbonyl (C=O) groups excluding carboxylic acids is 1. The number of carbonyl (C=O) groups is 1. The van der Waals surface area contributed by atoms with E-state index in [0.717, 1.165) is 25.8 Å². The van der Waals surface area contributed by atoms with E-state index in [9.17, 15) is 4.79 Å². The molecule has 2 saturated heterocycles. The van der Waals surface area contributed by atoms with E-state index in [1.54, 1.807) is 4.90 Å². The third-order valence-corrected chi connectivity index (χ3v) is 2.96. The molecule has 4 heteroatoms. The summed E-state index contributed by atoms with van der Waals surface area (Å²) in [6.45, 7) is 1.96. The third kappa shape index (κ3) is 1.60. The number of hydrogen-bond acceptors (Lipinski definition) is 3. The molecule has 2 atom stereocenters. The van der Waals surface area contributed by atoms with Crippen molar-refractivity contribution in [2.45, 2.75) is 25.3 Å². The molecule has 0 aromatic rings. The van der Waals surface area contributed by atoms with Gasteiger partial charge >= 0.3 is 0 Å². The molecule has 2 aliphatic rings. The topological polar surface area (TPSA) is 53.3 Å². The van der Waals surface area contributed by atoms with Gasteiger partial charge in [-0.05, 0) is 19.3 Å². The lowest BCUT2D eigenvalue weighted by atomic mass is 10.1. The van der Waals surface area contributed by atoms with Gasteiger partial charge < -0.3 is 9.64 Å². The Morgan fingerprint density at radius 1 is 1.50 bits per heavy atom. The molecule has 0 N–H and O–H groups in total. The maximum atomic E-state index is 11.9. The van der Waals surface area contributed by atoms with Crippen molar-refractivity contribution in [3.63, 3.8) is 0 Å². The smallest absolute Gasteiger partial charge is 0.229 e. The fraction of sp³-hybridized carbons (Fsp3) is 0.800. The van der Waals surface area contributed by atoms with E-state index < -0.39 is 0 Å². The zero-order valence-electron chi connectivity index (χ0n) is 8.11. The van der Waals surface area contributed by atoms with Crippen LogP contribution in [0, 0.1) is 17.2 Å². The lowest BCUT2D eigenvalue weighted by Gasteiger charge is -2.22. The lowest BCUT2D eigenvalue weighted by Crippen LogP contribution is -2.39. The van der Waals surface area contributed by atoms with Gasteiger partial charge in [0.05, 0.1) is 18.6 Å². The zero-order chi connectivity index (χ0) is 9.97. The SMILES string of the molecule is N#CC1CCCN1C(=O)C1CCOC1. The Bertz CT molecular complexity index is 266. The highest BCUT2D eigenvalue weighted by atomic mass is 16.5. The molecule has 2 unspecified atom stereocenters. The maximum Gasteiger partial charge on any atom is 0.229 e. The summed E-state index contributed by atoms with van der Waals surface area (Å²) in [5.41, 5.74) is 0. The van der Waals surface area contributed by atoms with Crippen molar-refractivity contribution in [2.75, 3.05) is 19.8 Å². The van der Waals surface area contributed by atoms with Gasteiger partial charge in [0, 0.05) is 13.2 Å². The monoisotopic (exact) mass is 194 g/mol. The van der Waals surface area contributed by atoms with Crippen LogP contribution in [0.15, 0.2) is 0 Å². The number of likely N-dealkylation sites (tertiary alicyclic amines) is 1. The maximum absolute atomic E-state index is 11.9. The number of ether oxygens (including phenoxy) is 1. The zero-order valence-corrected chi connectivity index (χ0v) is 8.11. The standard InChI is InChI=1S/C10H14N2O2/c11-6-9-2-1-4-12(9)10(13)8-3-5-14-7-8/h8-9H,1-5,7H2. The van der Waals surface area contributed by atoms with E-state index in [1.807, 2.05) is 0 Å². The van der Waals surface area contributed by atoms with Gasteiger partial charge in [0.2, 0.25) is 5.91 Å². The van der Waals surface area contributed by atoms with Crippen LogP contribution in [0.3, 0.4) is 0 Å². The van der Waals surface area contributed by atoms with Gasteiger partial charge in [-0.2, -0.15) is 5.26 Å². The molecule has 1 amide bonds. The number of nitriles is 1. The summed E-state index contributed by atoms with van der Waals surface area (Å²) in [5, 5.41) is 8.85. The minimum atomic E-state index is -0.192. The van der Waals surface area contributed by atoms with Gasteiger partial charge in [-0.1, -0.05) is 0 Å². The van der Waals surface area contributed by atoms with Crippen LogP contribution in [-0.2, 0) is 9.53 Å². The van der Waals surface area contributed by atoms with Crippen molar-refractivity contribution >= 4 is 5.91 Å². The summed E-state index contributed by atoms with van der Waals surface area (Å²) >= 11 is 0. The fourth-order valence-electron chi connectivity index (χ4n) is 2.13. The molecule has 0 spiro atoms. The van der Waals surface area contributed by atoms with Crippen LogP contribution in [0.1, 0.15) is 19.3 Å². The average molecular weight is 194 g/mol. The molecule has 4 nitrogen and oxygen atoms in total. The van der Waals surface area contributed by atoms with Crippen LogP contribution in [0.5, 0.6) is 0 Å². The van der Waals surface area contributed by atoms with Gasteiger partial charge in [0.1, 0.15) is 6.04 Å². The molecule has 0 aromatic heterocycles. The molecular formula is C10H14N2O2. The highest BCUT2D eigenvalue weighted by Gasteiger charge is 2.34. The van der Waals surface area contributed by atoms with Crippen molar-refractivity contribution in [3.05, 3.63) is 0 Å². The van der Waals surface area contributed by atoms with Gasteiger partial charge in [-0.3, -0.25) is 4.79 Å². The summed E-state index contributed by atoms with van der Waals surface area (Å²) in [6.07, 6.45) is 2.60. The predicted octanol–water partition coefficient (Wildman–Crippen LogP) is 0.537. The van der Waals surface area contributed by atoms with Crippen LogP contribution in [-0.4, -0.2) is 36.6 Å². The largest absolute Gasteiger partial charge is 0.381 e. The average Bonchev–Trinajstić information content (AvgIpc) is 2.87. The number of nitrogens with zero attached hydrogens (tertiary/aromatic N) is 2. The molecule has 0 bridgehead atoms. The highest BCUT2D eigenvalue weighted by molar-refractivity contribution is 5.80. The van der Waals surface area contributed by atoms with E-state index >= 15 is 0 Å². The first-order valence-electron chi connectivity index (χ1n) is 5.11. The van der Waals surface area contributed by atoms with Gasteiger partial charge in [-0.25, -0.2) is 0 Å². The first-order valence-corrected chi connectivity index (χ1v) is 5.11. The Kier molecular flexibility index (Phi) is 2.69. The Hall–Kier alpha value is -1.08. The first kappa shape index (κ1) is 9.47. The second-order valence-corrected chi connectivity index (χ2v) is 3.88. The molecule has 2 fully saturated rings. The third-order valence-electron chi connectivity index (χ3n) is 2.96. The van der Waals surface area contributed by atoms with Crippen molar-refractivity contribution < 1.29 is 9.53 Å². The number of hydrogen-bond donors (Lipinski definition) is 0. The Balaban J connectivity index is 2.00. The number of rotatable bonds is 1. The predicted molar refractivity (Wildman–Crippen MR) is 49.3 cm³/mol. The first-order chi connectivity index (χ1) is 6.83. The van der Waals surface area contributed by atoms with E-state index in [2.05, 4.69) is 6.07 Å². The summed E-state index contributed by atoms with van der Waals surface area (Å²) in [4.78, 5) is 13.6. The molecule has 2 aliphatic heterocycles. The molecule has 0 radical (unpaired) electrons. The molecule has 2 heterocycles. The molecular weight excluding hydrogens is 180 g/mol. The van der Waals surface area contributed by atoms with Crippen molar-refractivity contribution in [1.82, 2.24) is 4.90 Å². The molecule has 0 aliphatic carbocycles. The molecule has 76 valence electrons. The summed E-state index contributed by atoms with van der Waals surface area (Å²) in [5.74, 6) is 0.121. The summed E-state index contributed by atoms with van der Waals surface area (Å²) in [7, 11) is 0. The second-order valence-electron chi connectivity index (χ2n) is 3.88. The number of amides is 1. The van der Waals surface area contributed by atoms with Crippen LogP contribution < -0.4 is 0 Å². The quantitative estimate of drug-likeness (QED) is 0.612. The van der Waals surface area contributed by atoms with Crippen molar-refractivity contribution in [3.8, 4) is 6.07 Å². The van der Waals surface area contributed by atoms with Crippen molar-refractivity contribution in [1.29, 1.82) is 5.26 Å². The van der Waals surface area contributed by atoms with Crippen molar-refractivity contribution in [2.24, 2.45) is 5.92 Å². The normalized spacial score (nSPS) is 31.8. The Morgan fingerprint density at radius 2 is 2.36 bits per heavy atom. The van der Waals surface area contributed by atoms with E-state index in [0.29, 0.717) is 13.2 Å². The van der Waals surface area contributed by atoms with Crippen LogP contribution in [0.4, 0.5) is 0 Å². The molecule has 0 aromatic carbocycles. The van der Waals surface area contributed by atoms with Gasteiger partial charge in [-0.15, -0.1) is 0 Å². The minimum Gasteiger partial charge on any atom is -0.381 e.